The Labute approximate surface area is 106 Å². The van der Waals surface area contributed by atoms with Crippen LogP contribution in [0, 0.1) is 0 Å². The van der Waals surface area contributed by atoms with Crippen LogP contribution >= 0.6 is 11.3 Å². The molecule has 1 unspecified atom stereocenters. The van der Waals surface area contributed by atoms with Crippen molar-refractivity contribution in [3.8, 4) is 0 Å². The molecule has 0 aliphatic carbocycles. The summed E-state index contributed by atoms with van der Waals surface area (Å²) in [4.78, 5) is 0. The molecule has 1 atom stereocenters. The molecule has 4 heteroatoms. The molecule has 0 saturated heterocycles. The highest BCUT2D eigenvalue weighted by molar-refractivity contribution is 7.07. The fourth-order valence-corrected chi connectivity index (χ4v) is 2.51. The summed E-state index contributed by atoms with van der Waals surface area (Å²) in [5, 5.41) is 12.1. The molecule has 0 aliphatic rings. The highest BCUT2D eigenvalue weighted by Gasteiger charge is 2.05. The quantitative estimate of drug-likeness (QED) is 0.852. The Morgan fingerprint density at radius 1 is 1.53 bits per heavy atom. The first-order valence-corrected chi connectivity index (χ1v) is 7.00. The minimum atomic E-state index is 0.399. The van der Waals surface area contributed by atoms with Crippen LogP contribution in [-0.4, -0.2) is 9.78 Å². The third kappa shape index (κ3) is 3.41. The SMILES string of the molecule is CCCn1cc(CNC(C)c2ccsc2)cn1. The number of thiophene rings is 1. The van der Waals surface area contributed by atoms with Gasteiger partial charge in [0.2, 0.25) is 0 Å². The maximum Gasteiger partial charge on any atom is 0.0534 e. The molecule has 3 nitrogen and oxygen atoms in total. The first kappa shape index (κ1) is 12.3. The van der Waals surface area contributed by atoms with Crippen molar-refractivity contribution in [2.24, 2.45) is 0 Å². The number of hydrogen-bond donors (Lipinski definition) is 1. The summed E-state index contributed by atoms with van der Waals surface area (Å²) in [5.41, 5.74) is 2.61. The second-order valence-electron chi connectivity index (χ2n) is 4.27. The van der Waals surface area contributed by atoms with Crippen LogP contribution in [0.2, 0.25) is 0 Å². The minimum absolute atomic E-state index is 0.399. The normalized spacial score (nSPS) is 12.8. The van der Waals surface area contributed by atoms with E-state index in [9.17, 15) is 0 Å². The number of hydrogen-bond acceptors (Lipinski definition) is 3. The number of nitrogens with one attached hydrogen (secondary N) is 1. The fourth-order valence-electron chi connectivity index (χ4n) is 1.76. The van der Waals surface area contributed by atoms with Gasteiger partial charge in [-0.15, -0.1) is 0 Å². The van der Waals surface area contributed by atoms with Crippen molar-refractivity contribution in [2.75, 3.05) is 0 Å². The Balaban J connectivity index is 1.84. The molecule has 2 aromatic heterocycles. The van der Waals surface area contributed by atoms with E-state index in [1.807, 2.05) is 10.9 Å². The molecule has 0 fully saturated rings. The van der Waals surface area contributed by atoms with Crippen molar-refractivity contribution in [3.63, 3.8) is 0 Å². The van der Waals surface area contributed by atoms with Gasteiger partial charge in [-0.2, -0.15) is 16.4 Å². The largest absolute Gasteiger partial charge is 0.306 e. The lowest BCUT2D eigenvalue weighted by Crippen LogP contribution is -2.17. The maximum atomic E-state index is 4.33. The van der Waals surface area contributed by atoms with Crippen molar-refractivity contribution in [1.82, 2.24) is 15.1 Å². The van der Waals surface area contributed by atoms with Crippen LogP contribution in [-0.2, 0) is 13.1 Å². The van der Waals surface area contributed by atoms with E-state index in [-0.39, 0.29) is 0 Å². The topological polar surface area (TPSA) is 29.9 Å². The molecular weight excluding hydrogens is 230 g/mol. The van der Waals surface area contributed by atoms with Crippen LogP contribution in [0.25, 0.3) is 0 Å². The van der Waals surface area contributed by atoms with Gasteiger partial charge in [-0.05, 0) is 35.7 Å². The summed E-state index contributed by atoms with van der Waals surface area (Å²) in [6, 6.07) is 2.57. The van der Waals surface area contributed by atoms with Crippen molar-refractivity contribution < 1.29 is 0 Å². The van der Waals surface area contributed by atoms with E-state index in [0.717, 1.165) is 19.5 Å². The molecule has 17 heavy (non-hydrogen) atoms. The van der Waals surface area contributed by atoms with Crippen molar-refractivity contribution >= 4 is 11.3 Å². The summed E-state index contributed by atoms with van der Waals surface area (Å²) in [6.45, 7) is 6.23. The van der Waals surface area contributed by atoms with Gasteiger partial charge in [0.1, 0.15) is 0 Å². The summed E-state index contributed by atoms with van der Waals surface area (Å²) < 4.78 is 2.01. The molecule has 0 radical (unpaired) electrons. The van der Waals surface area contributed by atoms with E-state index < -0.39 is 0 Å². The van der Waals surface area contributed by atoms with Gasteiger partial charge in [0.25, 0.3) is 0 Å². The molecule has 0 aliphatic heterocycles. The van der Waals surface area contributed by atoms with E-state index >= 15 is 0 Å². The molecule has 2 heterocycles. The van der Waals surface area contributed by atoms with Crippen LogP contribution < -0.4 is 5.32 Å². The third-order valence-corrected chi connectivity index (χ3v) is 3.50. The monoisotopic (exact) mass is 249 g/mol. The second-order valence-corrected chi connectivity index (χ2v) is 5.05. The average molecular weight is 249 g/mol. The number of nitrogens with zero attached hydrogens (tertiary/aromatic N) is 2. The summed E-state index contributed by atoms with van der Waals surface area (Å²) in [6.07, 6.45) is 5.19. The molecule has 2 rings (SSSR count). The first-order chi connectivity index (χ1) is 8.29. The molecule has 0 amide bonds. The predicted octanol–water partition coefficient (Wildman–Crippen LogP) is 3.21. The summed E-state index contributed by atoms with van der Waals surface area (Å²) in [7, 11) is 0. The molecule has 1 N–H and O–H groups in total. The average Bonchev–Trinajstić information content (AvgIpc) is 2.97. The van der Waals surface area contributed by atoms with Gasteiger partial charge in [-0.25, -0.2) is 0 Å². The van der Waals surface area contributed by atoms with E-state index in [4.69, 9.17) is 0 Å². The number of aryl methyl sites for hydroxylation is 1. The lowest BCUT2D eigenvalue weighted by atomic mass is 10.2. The van der Waals surface area contributed by atoms with Gasteiger partial charge in [0, 0.05) is 30.9 Å². The van der Waals surface area contributed by atoms with Crippen LogP contribution in [0.4, 0.5) is 0 Å². The molecule has 0 spiro atoms. The van der Waals surface area contributed by atoms with Gasteiger partial charge in [0.15, 0.2) is 0 Å². The second kappa shape index (κ2) is 5.98. The van der Waals surface area contributed by atoms with Gasteiger partial charge < -0.3 is 5.32 Å². The zero-order valence-electron chi connectivity index (χ0n) is 10.4. The number of aromatic nitrogens is 2. The lowest BCUT2D eigenvalue weighted by Gasteiger charge is -2.11. The molecular formula is C13H19N3S. The third-order valence-electron chi connectivity index (χ3n) is 2.79. The summed E-state index contributed by atoms with van der Waals surface area (Å²) in [5.74, 6) is 0. The highest BCUT2D eigenvalue weighted by Crippen LogP contribution is 2.16. The Bertz CT molecular complexity index is 433. The number of rotatable bonds is 6. The molecule has 92 valence electrons. The van der Waals surface area contributed by atoms with Crippen LogP contribution in [0.15, 0.2) is 29.2 Å². The Morgan fingerprint density at radius 2 is 2.41 bits per heavy atom. The standard InChI is InChI=1S/C13H19N3S/c1-3-5-16-9-12(8-15-16)7-14-11(2)13-4-6-17-10-13/h4,6,8-11,14H,3,5,7H2,1-2H3. The highest BCUT2D eigenvalue weighted by atomic mass is 32.1. The maximum absolute atomic E-state index is 4.33. The Hall–Kier alpha value is -1.13. The predicted molar refractivity (Wildman–Crippen MR) is 72.1 cm³/mol. The molecule has 0 aromatic carbocycles. The molecule has 0 saturated carbocycles. The Morgan fingerprint density at radius 3 is 3.12 bits per heavy atom. The van der Waals surface area contributed by atoms with Crippen LogP contribution in [0.3, 0.4) is 0 Å². The van der Waals surface area contributed by atoms with Gasteiger partial charge >= 0.3 is 0 Å². The van der Waals surface area contributed by atoms with Gasteiger partial charge in [-0.1, -0.05) is 6.92 Å². The zero-order valence-corrected chi connectivity index (χ0v) is 11.2. The van der Waals surface area contributed by atoms with E-state index in [1.54, 1.807) is 11.3 Å². The van der Waals surface area contributed by atoms with Gasteiger partial charge in [-0.3, -0.25) is 4.68 Å². The van der Waals surface area contributed by atoms with E-state index in [1.165, 1.54) is 11.1 Å². The fraction of sp³-hybridized carbons (Fsp3) is 0.462. The van der Waals surface area contributed by atoms with E-state index in [2.05, 4.69) is 47.3 Å². The van der Waals surface area contributed by atoms with E-state index in [0.29, 0.717) is 6.04 Å². The Kier molecular flexibility index (Phi) is 4.34. The van der Waals surface area contributed by atoms with Gasteiger partial charge in [0.05, 0.1) is 6.20 Å². The van der Waals surface area contributed by atoms with Crippen molar-refractivity contribution in [1.29, 1.82) is 0 Å². The molecule has 2 aromatic rings. The zero-order chi connectivity index (χ0) is 12.1. The van der Waals surface area contributed by atoms with Crippen LogP contribution in [0.5, 0.6) is 0 Å². The molecule has 0 bridgehead atoms. The first-order valence-electron chi connectivity index (χ1n) is 6.06. The van der Waals surface area contributed by atoms with Crippen molar-refractivity contribution in [3.05, 3.63) is 40.3 Å². The van der Waals surface area contributed by atoms with Crippen molar-refractivity contribution in [2.45, 2.75) is 39.4 Å². The summed E-state index contributed by atoms with van der Waals surface area (Å²) >= 11 is 1.74. The lowest BCUT2D eigenvalue weighted by molar-refractivity contribution is 0.573. The smallest absolute Gasteiger partial charge is 0.0534 e. The van der Waals surface area contributed by atoms with Crippen LogP contribution in [0.1, 0.15) is 37.4 Å². The minimum Gasteiger partial charge on any atom is -0.306 e.